The van der Waals surface area contributed by atoms with E-state index in [-0.39, 0.29) is 6.61 Å². The number of benzene rings is 1. The second kappa shape index (κ2) is 4.49. The number of nitrogens with zero attached hydrogens (tertiary/aromatic N) is 1. The van der Waals surface area contributed by atoms with Crippen LogP contribution >= 0.6 is 0 Å². The molecule has 2 aromatic rings. The van der Waals surface area contributed by atoms with Crippen molar-refractivity contribution < 1.29 is 5.11 Å². The summed E-state index contributed by atoms with van der Waals surface area (Å²) in [6, 6.07) is 6.21. The fraction of sp³-hybridized carbons (Fsp3) is 0.500. The lowest BCUT2D eigenvalue weighted by molar-refractivity contribution is 0.299. The number of H-pyrrole nitrogens is 1. The Balaban J connectivity index is 1.94. The van der Waals surface area contributed by atoms with Crippen LogP contribution in [-0.4, -0.2) is 21.7 Å². The Hall–Kier alpha value is -1.35. The molecule has 0 spiro atoms. The first-order chi connectivity index (χ1) is 8.36. The molecule has 0 amide bonds. The van der Waals surface area contributed by atoms with E-state index in [0.717, 1.165) is 16.9 Å². The summed E-state index contributed by atoms with van der Waals surface area (Å²) in [6.07, 6.45) is 5.91. The largest absolute Gasteiger partial charge is 0.396 e. The molecule has 1 aromatic heterocycles. The molecule has 1 saturated carbocycles. The minimum atomic E-state index is 0.203. The minimum absolute atomic E-state index is 0.203. The Morgan fingerprint density at radius 3 is 2.88 bits per heavy atom. The van der Waals surface area contributed by atoms with Gasteiger partial charge in [-0.2, -0.15) is 0 Å². The summed E-state index contributed by atoms with van der Waals surface area (Å²) in [7, 11) is 0. The molecule has 0 bridgehead atoms. The number of aliphatic hydroxyl groups excluding tert-OH is 1. The highest BCUT2D eigenvalue weighted by atomic mass is 16.2. The van der Waals surface area contributed by atoms with Crippen molar-refractivity contribution >= 4 is 11.0 Å². The van der Waals surface area contributed by atoms with Crippen LogP contribution in [0.15, 0.2) is 18.2 Å². The highest BCUT2D eigenvalue weighted by Crippen LogP contribution is 2.33. The van der Waals surface area contributed by atoms with Crippen LogP contribution in [-0.2, 0) is 6.42 Å². The molecule has 0 aliphatic heterocycles. The lowest BCUT2D eigenvalue weighted by Crippen LogP contribution is -1.93. The number of nitrogens with one attached hydrogen (secondary N) is 1. The Labute approximate surface area is 101 Å². The van der Waals surface area contributed by atoms with Crippen LogP contribution in [0.25, 0.3) is 11.0 Å². The number of imidazole rings is 1. The second-order valence-corrected chi connectivity index (χ2v) is 4.93. The highest BCUT2D eigenvalue weighted by molar-refractivity contribution is 5.76. The summed E-state index contributed by atoms with van der Waals surface area (Å²) >= 11 is 0. The number of fused-ring (bicyclic) bond motifs is 1. The summed E-state index contributed by atoms with van der Waals surface area (Å²) in [4.78, 5) is 8.12. The van der Waals surface area contributed by atoms with Gasteiger partial charge in [0.1, 0.15) is 5.82 Å². The molecule has 1 fully saturated rings. The zero-order valence-electron chi connectivity index (χ0n) is 9.95. The lowest BCUT2D eigenvalue weighted by Gasteiger charge is -2.02. The van der Waals surface area contributed by atoms with Gasteiger partial charge in [-0.25, -0.2) is 4.98 Å². The summed E-state index contributed by atoms with van der Waals surface area (Å²) in [6.45, 7) is 0.203. The molecule has 0 atom stereocenters. The monoisotopic (exact) mass is 230 g/mol. The number of rotatable bonds is 3. The normalized spacial score (nSPS) is 17.0. The molecule has 1 heterocycles. The van der Waals surface area contributed by atoms with Crippen LogP contribution in [0.3, 0.4) is 0 Å². The molecule has 3 nitrogen and oxygen atoms in total. The molecular formula is C14H18N2O. The van der Waals surface area contributed by atoms with E-state index in [2.05, 4.69) is 28.2 Å². The highest BCUT2D eigenvalue weighted by Gasteiger charge is 2.20. The van der Waals surface area contributed by atoms with Gasteiger partial charge >= 0.3 is 0 Å². The summed E-state index contributed by atoms with van der Waals surface area (Å²) in [5.41, 5.74) is 3.33. The van der Waals surface area contributed by atoms with Crippen molar-refractivity contribution in [1.29, 1.82) is 0 Å². The molecule has 2 N–H and O–H groups in total. The predicted octanol–water partition coefficient (Wildman–Crippen LogP) is 2.76. The van der Waals surface area contributed by atoms with E-state index < -0.39 is 0 Å². The second-order valence-electron chi connectivity index (χ2n) is 4.93. The lowest BCUT2D eigenvalue weighted by atomic mass is 10.1. The smallest absolute Gasteiger partial charge is 0.110 e. The third-order valence-electron chi connectivity index (χ3n) is 3.71. The van der Waals surface area contributed by atoms with Gasteiger partial charge in [-0.15, -0.1) is 0 Å². The Morgan fingerprint density at radius 2 is 2.12 bits per heavy atom. The first kappa shape index (κ1) is 10.8. The summed E-state index contributed by atoms with van der Waals surface area (Å²) in [5, 5.41) is 8.94. The van der Waals surface area contributed by atoms with Crippen molar-refractivity contribution in [2.45, 2.75) is 38.0 Å². The van der Waals surface area contributed by atoms with Gasteiger partial charge in [0.05, 0.1) is 11.0 Å². The zero-order valence-corrected chi connectivity index (χ0v) is 9.95. The van der Waals surface area contributed by atoms with E-state index in [1.54, 1.807) is 0 Å². The molecular weight excluding hydrogens is 212 g/mol. The zero-order chi connectivity index (χ0) is 11.7. The molecule has 1 aromatic carbocycles. The third kappa shape index (κ3) is 2.07. The van der Waals surface area contributed by atoms with Crippen LogP contribution in [0.4, 0.5) is 0 Å². The van der Waals surface area contributed by atoms with E-state index in [9.17, 15) is 0 Å². The molecule has 1 aliphatic carbocycles. The number of aromatic nitrogens is 2. The van der Waals surface area contributed by atoms with Gasteiger partial charge < -0.3 is 10.1 Å². The van der Waals surface area contributed by atoms with Crippen LogP contribution < -0.4 is 0 Å². The molecule has 0 saturated heterocycles. The fourth-order valence-electron chi connectivity index (χ4n) is 2.75. The average Bonchev–Trinajstić information content (AvgIpc) is 2.97. The number of aliphatic hydroxyl groups is 1. The maximum absolute atomic E-state index is 8.94. The van der Waals surface area contributed by atoms with Crippen molar-refractivity contribution in [3.8, 4) is 0 Å². The van der Waals surface area contributed by atoms with Crippen molar-refractivity contribution in [2.24, 2.45) is 0 Å². The molecule has 0 radical (unpaired) electrons. The van der Waals surface area contributed by atoms with Gasteiger partial charge in [0, 0.05) is 12.5 Å². The third-order valence-corrected chi connectivity index (χ3v) is 3.71. The van der Waals surface area contributed by atoms with E-state index in [1.165, 1.54) is 31.2 Å². The molecule has 17 heavy (non-hydrogen) atoms. The Morgan fingerprint density at radius 1 is 1.29 bits per heavy atom. The van der Waals surface area contributed by atoms with Gasteiger partial charge in [-0.3, -0.25) is 0 Å². The SMILES string of the molecule is OCCc1ccc2nc(C3CCCC3)[nH]c2c1. The van der Waals surface area contributed by atoms with Crippen LogP contribution in [0.2, 0.25) is 0 Å². The predicted molar refractivity (Wildman–Crippen MR) is 68.1 cm³/mol. The summed E-state index contributed by atoms with van der Waals surface area (Å²) < 4.78 is 0. The van der Waals surface area contributed by atoms with Crippen LogP contribution in [0.5, 0.6) is 0 Å². The maximum Gasteiger partial charge on any atom is 0.110 e. The summed E-state index contributed by atoms with van der Waals surface area (Å²) in [5.74, 6) is 1.78. The number of hydrogen-bond acceptors (Lipinski definition) is 2. The van der Waals surface area contributed by atoms with Crippen molar-refractivity contribution in [2.75, 3.05) is 6.61 Å². The maximum atomic E-state index is 8.94. The first-order valence-corrected chi connectivity index (χ1v) is 6.46. The van der Waals surface area contributed by atoms with Crippen LogP contribution in [0, 0.1) is 0 Å². The molecule has 0 unspecified atom stereocenters. The van der Waals surface area contributed by atoms with Gasteiger partial charge in [-0.1, -0.05) is 18.9 Å². The van der Waals surface area contributed by atoms with Gasteiger partial charge in [0.15, 0.2) is 0 Å². The Kier molecular flexibility index (Phi) is 2.85. The molecule has 90 valence electrons. The van der Waals surface area contributed by atoms with E-state index in [4.69, 9.17) is 5.11 Å². The van der Waals surface area contributed by atoms with E-state index in [1.807, 2.05) is 0 Å². The quantitative estimate of drug-likeness (QED) is 0.851. The van der Waals surface area contributed by atoms with Gasteiger partial charge in [-0.05, 0) is 37.0 Å². The van der Waals surface area contributed by atoms with Crippen molar-refractivity contribution in [3.05, 3.63) is 29.6 Å². The topological polar surface area (TPSA) is 48.9 Å². The molecule has 3 rings (SSSR count). The number of aromatic amines is 1. The van der Waals surface area contributed by atoms with E-state index >= 15 is 0 Å². The standard InChI is InChI=1S/C14H18N2O/c17-8-7-10-5-6-12-13(9-10)16-14(15-12)11-3-1-2-4-11/h5-6,9,11,17H,1-4,7-8H2,(H,15,16). The first-order valence-electron chi connectivity index (χ1n) is 6.46. The molecule has 1 aliphatic rings. The average molecular weight is 230 g/mol. The van der Waals surface area contributed by atoms with Crippen LogP contribution in [0.1, 0.15) is 43.0 Å². The van der Waals surface area contributed by atoms with Gasteiger partial charge in [0.2, 0.25) is 0 Å². The van der Waals surface area contributed by atoms with E-state index in [0.29, 0.717) is 12.3 Å². The minimum Gasteiger partial charge on any atom is -0.396 e. The van der Waals surface area contributed by atoms with Crippen molar-refractivity contribution in [1.82, 2.24) is 9.97 Å². The Bertz CT molecular complexity index is 512. The van der Waals surface area contributed by atoms with Gasteiger partial charge in [0.25, 0.3) is 0 Å². The number of hydrogen-bond donors (Lipinski definition) is 2. The van der Waals surface area contributed by atoms with Crippen molar-refractivity contribution in [3.63, 3.8) is 0 Å². The molecule has 3 heteroatoms. The fourth-order valence-corrected chi connectivity index (χ4v) is 2.75.